The van der Waals surface area contributed by atoms with E-state index in [1.807, 2.05) is 48.5 Å². The Labute approximate surface area is 173 Å². The normalized spacial score (nSPS) is 10.7. The smallest absolute Gasteiger partial charge is 0.137 e. The number of rotatable bonds is 5. The second kappa shape index (κ2) is 8.26. The molecule has 142 valence electrons. The minimum absolute atomic E-state index is 0.582. The van der Waals surface area contributed by atoms with Crippen LogP contribution >= 0.6 is 11.6 Å². The molecule has 0 aliphatic carbocycles. The standard InChI is InChI=1S/C23H17ClN4O/c1-29-22-10-7-15(13-19(22)24)6-9-20-18-12-16(14-25)5-8-17(18)23(28-27-20)21-4-2-3-11-26-21/h2-5,7-8,10-13H,6,9H2,1H3. The van der Waals surface area contributed by atoms with Crippen molar-refractivity contribution in [3.8, 4) is 23.2 Å². The number of hydrogen-bond acceptors (Lipinski definition) is 5. The third kappa shape index (κ3) is 3.89. The molecule has 0 saturated heterocycles. The van der Waals surface area contributed by atoms with Crippen molar-refractivity contribution in [1.82, 2.24) is 15.2 Å². The van der Waals surface area contributed by atoms with Crippen molar-refractivity contribution >= 4 is 22.4 Å². The van der Waals surface area contributed by atoms with Crippen LogP contribution in [-0.2, 0) is 12.8 Å². The molecule has 0 radical (unpaired) electrons. The fraction of sp³-hybridized carbons (Fsp3) is 0.130. The van der Waals surface area contributed by atoms with Gasteiger partial charge >= 0.3 is 0 Å². The van der Waals surface area contributed by atoms with E-state index in [-0.39, 0.29) is 0 Å². The number of hydrogen-bond donors (Lipinski definition) is 0. The number of pyridine rings is 1. The van der Waals surface area contributed by atoms with Crippen molar-refractivity contribution in [2.45, 2.75) is 12.8 Å². The molecule has 0 aliphatic heterocycles. The predicted molar refractivity (Wildman–Crippen MR) is 113 cm³/mol. The van der Waals surface area contributed by atoms with Gasteiger partial charge in [-0.1, -0.05) is 29.8 Å². The molecule has 0 N–H and O–H groups in total. The van der Waals surface area contributed by atoms with Gasteiger partial charge < -0.3 is 4.74 Å². The Morgan fingerprint density at radius 3 is 2.62 bits per heavy atom. The first-order valence-corrected chi connectivity index (χ1v) is 9.50. The number of methoxy groups -OCH3 is 1. The van der Waals surface area contributed by atoms with Crippen LogP contribution in [0.5, 0.6) is 5.75 Å². The van der Waals surface area contributed by atoms with E-state index in [2.05, 4.69) is 21.3 Å². The number of halogens is 1. The van der Waals surface area contributed by atoms with Crippen LogP contribution in [0.1, 0.15) is 16.8 Å². The van der Waals surface area contributed by atoms with Gasteiger partial charge in [0.05, 0.1) is 35.2 Å². The molecule has 0 amide bonds. The first-order valence-electron chi connectivity index (χ1n) is 9.13. The Balaban J connectivity index is 1.73. The second-order valence-electron chi connectivity index (χ2n) is 6.55. The van der Waals surface area contributed by atoms with E-state index in [4.69, 9.17) is 16.3 Å². The molecule has 2 heterocycles. The molecule has 5 nitrogen and oxygen atoms in total. The summed E-state index contributed by atoms with van der Waals surface area (Å²) >= 11 is 6.24. The first-order chi connectivity index (χ1) is 14.2. The SMILES string of the molecule is COc1ccc(CCc2nnc(-c3ccccn3)c3ccc(C#N)cc23)cc1Cl. The van der Waals surface area contributed by atoms with Gasteiger partial charge in [0, 0.05) is 17.0 Å². The van der Waals surface area contributed by atoms with Crippen LogP contribution in [-0.4, -0.2) is 22.3 Å². The van der Waals surface area contributed by atoms with Gasteiger partial charge in [0.1, 0.15) is 11.4 Å². The molecule has 2 aromatic carbocycles. The summed E-state index contributed by atoms with van der Waals surface area (Å²) in [5.74, 6) is 0.652. The minimum atomic E-state index is 0.582. The maximum absolute atomic E-state index is 9.34. The van der Waals surface area contributed by atoms with Crippen molar-refractivity contribution in [2.24, 2.45) is 0 Å². The Morgan fingerprint density at radius 2 is 1.90 bits per heavy atom. The molecule has 4 aromatic rings. The molecule has 29 heavy (non-hydrogen) atoms. The zero-order valence-corrected chi connectivity index (χ0v) is 16.5. The molecule has 0 atom stereocenters. The highest BCUT2D eigenvalue weighted by molar-refractivity contribution is 6.32. The van der Waals surface area contributed by atoms with E-state index in [9.17, 15) is 5.26 Å². The van der Waals surface area contributed by atoms with E-state index in [0.717, 1.165) is 34.1 Å². The third-order valence-electron chi connectivity index (χ3n) is 4.76. The lowest BCUT2D eigenvalue weighted by molar-refractivity contribution is 0.415. The highest BCUT2D eigenvalue weighted by Crippen LogP contribution is 2.29. The fourth-order valence-electron chi connectivity index (χ4n) is 3.28. The van der Waals surface area contributed by atoms with E-state index in [1.54, 1.807) is 19.4 Å². The second-order valence-corrected chi connectivity index (χ2v) is 6.96. The van der Waals surface area contributed by atoms with E-state index in [1.165, 1.54) is 0 Å². The third-order valence-corrected chi connectivity index (χ3v) is 5.05. The van der Waals surface area contributed by atoms with Crippen molar-refractivity contribution in [1.29, 1.82) is 5.26 Å². The lowest BCUT2D eigenvalue weighted by atomic mass is 10.00. The fourth-order valence-corrected chi connectivity index (χ4v) is 3.56. The summed E-state index contributed by atoms with van der Waals surface area (Å²) in [6.45, 7) is 0. The number of fused-ring (bicyclic) bond motifs is 1. The van der Waals surface area contributed by atoms with Crippen LogP contribution in [0.15, 0.2) is 60.8 Å². The summed E-state index contributed by atoms with van der Waals surface area (Å²) < 4.78 is 5.21. The molecular weight excluding hydrogens is 384 g/mol. The average molecular weight is 401 g/mol. The first kappa shape index (κ1) is 18.9. The van der Waals surface area contributed by atoms with Gasteiger partial charge in [0.15, 0.2) is 0 Å². The summed E-state index contributed by atoms with van der Waals surface area (Å²) in [5.41, 5.74) is 3.97. The van der Waals surface area contributed by atoms with E-state index >= 15 is 0 Å². The van der Waals surface area contributed by atoms with Crippen LogP contribution in [0.2, 0.25) is 5.02 Å². The van der Waals surface area contributed by atoms with Gasteiger partial charge in [-0.15, -0.1) is 5.10 Å². The quantitative estimate of drug-likeness (QED) is 0.470. The highest BCUT2D eigenvalue weighted by Gasteiger charge is 2.13. The number of aromatic nitrogens is 3. The summed E-state index contributed by atoms with van der Waals surface area (Å²) in [6, 6.07) is 19.2. The lowest BCUT2D eigenvalue weighted by Crippen LogP contribution is -2.01. The molecule has 4 rings (SSSR count). The summed E-state index contributed by atoms with van der Waals surface area (Å²) in [6.07, 6.45) is 3.14. The van der Waals surface area contributed by atoms with Gasteiger partial charge in [0.2, 0.25) is 0 Å². The van der Waals surface area contributed by atoms with Gasteiger partial charge in [-0.25, -0.2) is 0 Å². The zero-order chi connectivity index (χ0) is 20.2. The molecule has 0 unspecified atom stereocenters. The molecule has 0 fully saturated rings. The maximum Gasteiger partial charge on any atom is 0.137 e. The number of nitrogens with zero attached hydrogens (tertiary/aromatic N) is 4. The van der Waals surface area contributed by atoms with Gasteiger partial charge in [-0.2, -0.15) is 10.4 Å². The Bertz CT molecular complexity index is 1220. The summed E-state index contributed by atoms with van der Waals surface area (Å²) in [4.78, 5) is 4.40. The van der Waals surface area contributed by atoms with Crippen LogP contribution in [0.25, 0.3) is 22.2 Å². The zero-order valence-electron chi connectivity index (χ0n) is 15.8. The predicted octanol–water partition coefficient (Wildman–Crippen LogP) is 5.01. The molecular formula is C23H17ClN4O. The monoisotopic (exact) mass is 400 g/mol. The van der Waals surface area contributed by atoms with E-state index in [0.29, 0.717) is 28.5 Å². The van der Waals surface area contributed by atoms with Crippen molar-refractivity contribution in [3.63, 3.8) is 0 Å². The highest BCUT2D eigenvalue weighted by atomic mass is 35.5. The number of ether oxygens (including phenoxy) is 1. The van der Waals surface area contributed by atoms with Gasteiger partial charge in [-0.05, 0) is 54.8 Å². The van der Waals surface area contributed by atoms with Gasteiger partial charge in [0.25, 0.3) is 0 Å². The van der Waals surface area contributed by atoms with Crippen molar-refractivity contribution in [2.75, 3.05) is 7.11 Å². The lowest BCUT2D eigenvalue weighted by Gasteiger charge is -2.10. The Morgan fingerprint density at radius 1 is 1.00 bits per heavy atom. The number of aryl methyl sites for hydroxylation is 2. The van der Waals surface area contributed by atoms with Crippen LogP contribution in [0, 0.1) is 11.3 Å². The van der Waals surface area contributed by atoms with E-state index < -0.39 is 0 Å². The maximum atomic E-state index is 9.34. The Kier molecular flexibility index (Phi) is 5.37. The van der Waals surface area contributed by atoms with Crippen LogP contribution in [0.4, 0.5) is 0 Å². The summed E-state index contributed by atoms with van der Waals surface area (Å²) in [7, 11) is 1.60. The topological polar surface area (TPSA) is 71.7 Å². The molecule has 0 aliphatic rings. The molecule has 6 heteroatoms. The average Bonchev–Trinajstić information content (AvgIpc) is 2.77. The Hall–Kier alpha value is -3.49. The molecule has 0 spiro atoms. The minimum Gasteiger partial charge on any atom is -0.495 e. The molecule has 0 saturated carbocycles. The largest absolute Gasteiger partial charge is 0.495 e. The van der Waals surface area contributed by atoms with Crippen LogP contribution < -0.4 is 4.74 Å². The summed E-state index contributed by atoms with van der Waals surface area (Å²) in [5, 5.41) is 20.7. The van der Waals surface area contributed by atoms with Gasteiger partial charge in [-0.3, -0.25) is 4.98 Å². The number of benzene rings is 2. The van der Waals surface area contributed by atoms with Crippen molar-refractivity contribution in [3.05, 3.63) is 82.6 Å². The number of nitriles is 1. The van der Waals surface area contributed by atoms with Crippen LogP contribution in [0.3, 0.4) is 0 Å². The molecule has 2 aromatic heterocycles. The molecule has 0 bridgehead atoms. The van der Waals surface area contributed by atoms with Crippen molar-refractivity contribution < 1.29 is 4.74 Å².